The van der Waals surface area contributed by atoms with Crippen molar-refractivity contribution in [3.05, 3.63) is 58.1 Å². The predicted molar refractivity (Wildman–Crippen MR) is 76.0 cm³/mol. The van der Waals surface area contributed by atoms with Gasteiger partial charge >= 0.3 is 0 Å². The second-order valence-corrected chi connectivity index (χ2v) is 6.64. The standard InChI is InChI=1S/C13H10BrF2NO2S/c1-8-5-6-12(9(14)7-8)20(18,19)17-13-10(15)3-2-4-11(13)16/h2-7,17H,1H3. The normalized spacial score (nSPS) is 11.4. The number of nitrogens with one attached hydrogen (secondary N) is 1. The van der Waals surface area contributed by atoms with Crippen molar-refractivity contribution in [2.24, 2.45) is 0 Å². The van der Waals surface area contributed by atoms with Crippen LogP contribution in [0.25, 0.3) is 0 Å². The van der Waals surface area contributed by atoms with Gasteiger partial charge in [0.25, 0.3) is 10.0 Å². The Hall–Kier alpha value is -1.47. The maximum atomic E-state index is 13.5. The Kier molecular flexibility index (Phi) is 4.10. The van der Waals surface area contributed by atoms with Crippen molar-refractivity contribution in [1.82, 2.24) is 0 Å². The smallest absolute Gasteiger partial charge is 0.263 e. The molecule has 0 aliphatic carbocycles. The van der Waals surface area contributed by atoms with Gasteiger partial charge in [-0.15, -0.1) is 0 Å². The summed E-state index contributed by atoms with van der Waals surface area (Å²) in [6.45, 7) is 1.80. The molecule has 3 nitrogen and oxygen atoms in total. The molecule has 0 aromatic heterocycles. The lowest BCUT2D eigenvalue weighted by atomic mass is 10.2. The number of sulfonamides is 1. The zero-order valence-electron chi connectivity index (χ0n) is 10.3. The monoisotopic (exact) mass is 361 g/mol. The molecule has 0 atom stereocenters. The number of halogens is 3. The quantitative estimate of drug-likeness (QED) is 0.902. The van der Waals surface area contributed by atoms with E-state index in [4.69, 9.17) is 0 Å². The zero-order chi connectivity index (χ0) is 14.9. The van der Waals surface area contributed by atoms with E-state index in [9.17, 15) is 17.2 Å². The van der Waals surface area contributed by atoms with Crippen LogP contribution in [0.4, 0.5) is 14.5 Å². The Morgan fingerprint density at radius 2 is 1.70 bits per heavy atom. The number of rotatable bonds is 3. The molecule has 0 unspecified atom stereocenters. The van der Waals surface area contributed by atoms with E-state index in [2.05, 4.69) is 15.9 Å². The second-order valence-electron chi connectivity index (χ2n) is 4.14. The van der Waals surface area contributed by atoms with Gasteiger partial charge in [-0.3, -0.25) is 4.72 Å². The molecule has 2 rings (SSSR count). The number of anilines is 1. The van der Waals surface area contributed by atoms with Gasteiger partial charge in [0.05, 0.1) is 0 Å². The Balaban J connectivity index is 2.46. The van der Waals surface area contributed by atoms with Crippen LogP contribution in [0.5, 0.6) is 0 Å². The molecule has 2 aromatic rings. The number of benzene rings is 2. The van der Waals surface area contributed by atoms with Gasteiger partial charge < -0.3 is 0 Å². The summed E-state index contributed by atoms with van der Waals surface area (Å²) >= 11 is 3.13. The molecule has 1 N–H and O–H groups in total. The van der Waals surface area contributed by atoms with Crippen LogP contribution >= 0.6 is 15.9 Å². The highest BCUT2D eigenvalue weighted by Gasteiger charge is 2.21. The molecule has 20 heavy (non-hydrogen) atoms. The van der Waals surface area contributed by atoms with Gasteiger partial charge in [-0.1, -0.05) is 12.1 Å². The molecule has 0 spiro atoms. The van der Waals surface area contributed by atoms with Crippen LogP contribution in [-0.4, -0.2) is 8.42 Å². The molecule has 0 amide bonds. The van der Waals surface area contributed by atoms with E-state index in [0.717, 1.165) is 23.8 Å². The van der Waals surface area contributed by atoms with Gasteiger partial charge in [0, 0.05) is 4.47 Å². The summed E-state index contributed by atoms with van der Waals surface area (Å²) in [7, 11) is -4.08. The van der Waals surface area contributed by atoms with Crippen molar-refractivity contribution in [2.75, 3.05) is 4.72 Å². The summed E-state index contributed by atoms with van der Waals surface area (Å²) in [5.41, 5.74) is 0.160. The molecule has 0 saturated heterocycles. The van der Waals surface area contributed by atoms with E-state index in [1.165, 1.54) is 6.07 Å². The lowest BCUT2D eigenvalue weighted by Gasteiger charge is -2.11. The molecule has 0 saturated carbocycles. The fourth-order valence-electron chi connectivity index (χ4n) is 1.61. The van der Waals surface area contributed by atoms with Crippen LogP contribution in [-0.2, 0) is 10.0 Å². The third-order valence-electron chi connectivity index (χ3n) is 2.58. The fourth-order valence-corrected chi connectivity index (χ4v) is 3.88. The van der Waals surface area contributed by atoms with Crippen LogP contribution in [0.3, 0.4) is 0 Å². The minimum atomic E-state index is -4.08. The van der Waals surface area contributed by atoms with Gasteiger partial charge in [0.15, 0.2) is 0 Å². The van der Waals surface area contributed by atoms with Crippen molar-refractivity contribution in [3.63, 3.8) is 0 Å². The first-order valence-corrected chi connectivity index (χ1v) is 7.82. The number of hydrogen-bond donors (Lipinski definition) is 1. The fraction of sp³-hybridized carbons (Fsp3) is 0.0769. The average Bonchev–Trinajstić information content (AvgIpc) is 2.33. The first-order valence-electron chi connectivity index (χ1n) is 5.54. The summed E-state index contributed by atoms with van der Waals surface area (Å²) in [6.07, 6.45) is 0. The Bertz CT molecular complexity index is 743. The second kappa shape index (κ2) is 5.49. The maximum absolute atomic E-state index is 13.5. The van der Waals surface area contributed by atoms with Gasteiger partial charge in [0.2, 0.25) is 0 Å². The van der Waals surface area contributed by atoms with E-state index in [0.29, 0.717) is 4.47 Å². The highest BCUT2D eigenvalue weighted by molar-refractivity contribution is 9.10. The summed E-state index contributed by atoms with van der Waals surface area (Å²) in [4.78, 5) is -0.0919. The van der Waals surface area contributed by atoms with Crippen LogP contribution in [0.1, 0.15) is 5.56 Å². The number of hydrogen-bond acceptors (Lipinski definition) is 2. The summed E-state index contributed by atoms with van der Waals surface area (Å²) < 4.78 is 53.5. The molecule has 2 aromatic carbocycles. The Morgan fingerprint density at radius 1 is 1.10 bits per heavy atom. The minimum absolute atomic E-state index is 0.0919. The maximum Gasteiger partial charge on any atom is 0.263 e. The van der Waals surface area contributed by atoms with E-state index < -0.39 is 27.3 Å². The van der Waals surface area contributed by atoms with Crippen molar-refractivity contribution < 1.29 is 17.2 Å². The summed E-state index contributed by atoms with van der Waals surface area (Å²) in [6, 6.07) is 7.67. The Morgan fingerprint density at radius 3 is 2.25 bits per heavy atom. The molecule has 7 heteroatoms. The molecular weight excluding hydrogens is 352 g/mol. The highest BCUT2D eigenvalue weighted by atomic mass is 79.9. The molecule has 0 bridgehead atoms. The summed E-state index contributed by atoms with van der Waals surface area (Å²) in [5.74, 6) is -1.95. The van der Waals surface area contributed by atoms with E-state index >= 15 is 0 Å². The highest BCUT2D eigenvalue weighted by Crippen LogP contribution is 2.27. The predicted octanol–water partition coefficient (Wildman–Crippen LogP) is 3.84. The average molecular weight is 362 g/mol. The van der Waals surface area contributed by atoms with Crippen molar-refractivity contribution in [3.8, 4) is 0 Å². The molecule has 0 aliphatic heterocycles. The molecule has 0 heterocycles. The molecule has 0 fully saturated rings. The molecule has 0 aliphatic rings. The number of para-hydroxylation sites is 1. The Labute approximate surface area is 123 Å². The van der Waals surface area contributed by atoms with Crippen molar-refractivity contribution in [2.45, 2.75) is 11.8 Å². The SMILES string of the molecule is Cc1ccc(S(=O)(=O)Nc2c(F)cccc2F)c(Br)c1. The lowest BCUT2D eigenvalue weighted by Crippen LogP contribution is -2.15. The van der Waals surface area contributed by atoms with Crippen LogP contribution < -0.4 is 4.72 Å². The lowest BCUT2D eigenvalue weighted by molar-refractivity contribution is 0.582. The largest absolute Gasteiger partial charge is 0.274 e. The first-order chi connectivity index (χ1) is 9.31. The van der Waals surface area contributed by atoms with Gasteiger partial charge in [-0.05, 0) is 52.7 Å². The third-order valence-corrected chi connectivity index (χ3v) is 4.90. The van der Waals surface area contributed by atoms with Crippen LogP contribution in [0.15, 0.2) is 45.8 Å². The summed E-state index contributed by atoms with van der Waals surface area (Å²) in [5, 5.41) is 0. The number of aryl methyl sites for hydroxylation is 1. The molecule has 106 valence electrons. The van der Waals surface area contributed by atoms with Crippen molar-refractivity contribution >= 4 is 31.6 Å². The van der Waals surface area contributed by atoms with Crippen LogP contribution in [0.2, 0.25) is 0 Å². The van der Waals surface area contributed by atoms with Crippen LogP contribution in [0, 0.1) is 18.6 Å². The van der Waals surface area contributed by atoms with Crippen molar-refractivity contribution in [1.29, 1.82) is 0 Å². The van der Waals surface area contributed by atoms with Gasteiger partial charge in [0.1, 0.15) is 22.2 Å². The zero-order valence-corrected chi connectivity index (χ0v) is 12.7. The first kappa shape index (κ1) is 14.9. The minimum Gasteiger partial charge on any atom is -0.274 e. The van der Waals surface area contributed by atoms with Gasteiger partial charge in [-0.2, -0.15) is 0 Å². The third kappa shape index (κ3) is 2.99. The molecule has 0 radical (unpaired) electrons. The van der Waals surface area contributed by atoms with E-state index in [1.807, 2.05) is 4.72 Å². The topological polar surface area (TPSA) is 46.2 Å². The van der Waals surface area contributed by atoms with E-state index in [-0.39, 0.29) is 4.90 Å². The van der Waals surface area contributed by atoms with E-state index in [1.54, 1.807) is 19.1 Å². The molecular formula is C13H10BrF2NO2S. The van der Waals surface area contributed by atoms with Gasteiger partial charge in [-0.25, -0.2) is 17.2 Å².